The van der Waals surface area contributed by atoms with Gasteiger partial charge in [-0.05, 0) is 53.4 Å². The van der Waals surface area contributed by atoms with Crippen LogP contribution in [0.4, 0.5) is 5.69 Å². The average molecular weight is 538 g/mol. The number of halogens is 1. The molecule has 2 N–H and O–H groups in total. The monoisotopic (exact) mass is 537 g/mol. The predicted octanol–water partition coefficient (Wildman–Crippen LogP) is 5.44. The van der Waals surface area contributed by atoms with Crippen LogP contribution in [0.25, 0.3) is 10.8 Å². The first-order valence-electron chi connectivity index (χ1n) is 10.9. The van der Waals surface area contributed by atoms with E-state index in [-0.39, 0.29) is 23.6 Å². The highest BCUT2D eigenvalue weighted by Gasteiger charge is 2.21. The summed E-state index contributed by atoms with van der Waals surface area (Å²) in [5.74, 6) is 0.511. The molecule has 34 heavy (non-hydrogen) atoms. The molecule has 0 aliphatic carbocycles. The number of carbonyl (C=O) groups is 2. The molecule has 4 rings (SSSR count). The smallest absolute Gasteiger partial charge is 0.253 e. The normalized spacial score (nSPS) is 11.9. The van der Waals surface area contributed by atoms with Crippen molar-refractivity contribution >= 4 is 56.0 Å². The summed E-state index contributed by atoms with van der Waals surface area (Å²) in [4.78, 5) is 25.3. The maximum absolute atomic E-state index is 12.7. The zero-order valence-electron chi connectivity index (χ0n) is 18.8. The Hall–Kier alpha value is -3.17. The van der Waals surface area contributed by atoms with Crippen molar-refractivity contribution in [3.8, 4) is 0 Å². The van der Waals surface area contributed by atoms with Gasteiger partial charge in [-0.25, -0.2) is 0 Å². The number of fused-ring (bicyclic) bond motifs is 1. The molecule has 1 atom stereocenters. The molecule has 0 spiro atoms. The largest absolute Gasteiger partial charge is 0.342 e. The van der Waals surface area contributed by atoms with E-state index in [1.54, 1.807) is 6.07 Å². The molecule has 0 saturated carbocycles. The number of hydrogen-bond acceptors (Lipinski definition) is 5. The van der Waals surface area contributed by atoms with Crippen LogP contribution in [0.5, 0.6) is 0 Å². The topological polar surface area (TPSA) is 88.9 Å². The zero-order chi connectivity index (χ0) is 24.1. The molecule has 7 nitrogen and oxygen atoms in total. The van der Waals surface area contributed by atoms with Crippen LogP contribution < -0.4 is 10.6 Å². The van der Waals surface area contributed by atoms with Crippen molar-refractivity contribution in [1.82, 2.24) is 20.1 Å². The van der Waals surface area contributed by atoms with Gasteiger partial charge in [0.15, 0.2) is 11.0 Å². The lowest BCUT2D eigenvalue weighted by molar-refractivity contribution is -0.113. The minimum Gasteiger partial charge on any atom is -0.342 e. The molecule has 0 fully saturated rings. The summed E-state index contributed by atoms with van der Waals surface area (Å²) in [6.45, 7) is 4.47. The molecule has 3 aromatic carbocycles. The number of nitrogens with zero attached hydrogens (tertiary/aromatic N) is 3. The fourth-order valence-electron chi connectivity index (χ4n) is 3.66. The number of rotatable bonds is 8. The Bertz CT molecular complexity index is 1330. The fraction of sp³-hybridized carbons (Fsp3) is 0.200. The summed E-state index contributed by atoms with van der Waals surface area (Å²) in [5.41, 5.74) is 1.33. The van der Waals surface area contributed by atoms with Crippen LogP contribution in [0, 0.1) is 0 Å². The molecule has 2 amide bonds. The lowest BCUT2D eigenvalue weighted by atomic mass is 10.1. The molecule has 1 heterocycles. The number of carbonyl (C=O) groups excluding carboxylic acids is 2. The SMILES string of the molecule is CCn1c(SCC(=O)Nc2cccc3ccccc23)nnc1[C@H](C)NC(=O)c1ccccc1Br. The zero-order valence-corrected chi connectivity index (χ0v) is 21.2. The second kappa shape index (κ2) is 10.8. The van der Waals surface area contributed by atoms with E-state index < -0.39 is 0 Å². The van der Waals surface area contributed by atoms with Crippen LogP contribution in [0.2, 0.25) is 0 Å². The first-order chi connectivity index (χ1) is 16.5. The van der Waals surface area contributed by atoms with Gasteiger partial charge in [-0.3, -0.25) is 9.59 Å². The summed E-state index contributed by atoms with van der Waals surface area (Å²) in [5, 5.41) is 17.2. The predicted molar refractivity (Wildman–Crippen MR) is 139 cm³/mol. The summed E-state index contributed by atoms with van der Waals surface area (Å²) in [7, 11) is 0. The van der Waals surface area contributed by atoms with Gasteiger partial charge < -0.3 is 15.2 Å². The minimum absolute atomic E-state index is 0.121. The van der Waals surface area contributed by atoms with Crippen molar-refractivity contribution in [2.45, 2.75) is 31.6 Å². The van der Waals surface area contributed by atoms with Crippen LogP contribution in [-0.2, 0) is 11.3 Å². The molecule has 0 saturated heterocycles. The first-order valence-corrected chi connectivity index (χ1v) is 12.6. The summed E-state index contributed by atoms with van der Waals surface area (Å²) < 4.78 is 2.64. The number of anilines is 1. The van der Waals surface area contributed by atoms with Gasteiger partial charge in [0.05, 0.1) is 17.4 Å². The Morgan fingerprint density at radius 3 is 2.56 bits per heavy atom. The van der Waals surface area contributed by atoms with Crippen LogP contribution in [0.15, 0.2) is 76.4 Å². The Morgan fingerprint density at radius 2 is 1.76 bits per heavy atom. The fourth-order valence-corrected chi connectivity index (χ4v) is 4.93. The number of thioether (sulfide) groups is 1. The molecule has 0 radical (unpaired) electrons. The number of nitrogens with one attached hydrogen (secondary N) is 2. The highest BCUT2D eigenvalue weighted by atomic mass is 79.9. The van der Waals surface area contributed by atoms with Gasteiger partial charge in [-0.1, -0.05) is 60.3 Å². The summed E-state index contributed by atoms with van der Waals surface area (Å²) in [6.07, 6.45) is 0. The Balaban J connectivity index is 1.41. The number of hydrogen-bond donors (Lipinski definition) is 2. The Labute approximate surface area is 210 Å². The number of benzene rings is 3. The quantitative estimate of drug-likeness (QED) is 0.292. The highest BCUT2D eigenvalue weighted by Crippen LogP contribution is 2.25. The molecule has 0 bridgehead atoms. The van der Waals surface area contributed by atoms with Crippen LogP contribution in [-0.4, -0.2) is 32.3 Å². The Morgan fingerprint density at radius 1 is 1.03 bits per heavy atom. The maximum atomic E-state index is 12.7. The third-order valence-electron chi connectivity index (χ3n) is 5.31. The summed E-state index contributed by atoms with van der Waals surface area (Å²) in [6, 6.07) is 20.7. The highest BCUT2D eigenvalue weighted by molar-refractivity contribution is 9.10. The molecule has 4 aromatic rings. The van der Waals surface area contributed by atoms with Gasteiger partial charge >= 0.3 is 0 Å². The molecule has 0 unspecified atom stereocenters. The molecule has 1 aromatic heterocycles. The molecule has 0 aliphatic rings. The van der Waals surface area contributed by atoms with E-state index in [9.17, 15) is 9.59 Å². The van der Waals surface area contributed by atoms with Gasteiger partial charge in [0.25, 0.3) is 5.91 Å². The molecule has 9 heteroatoms. The summed E-state index contributed by atoms with van der Waals surface area (Å²) >= 11 is 4.73. The second-order valence-corrected chi connectivity index (χ2v) is 9.42. The van der Waals surface area contributed by atoms with Gasteiger partial charge in [-0.2, -0.15) is 0 Å². The van der Waals surface area contributed by atoms with E-state index in [1.165, 1.54) is 11.8 Å². The van der Waals surface area contributed by atoms with Crippen LogP contribution >= 0.6 is 27.7 Å². The standard InChI is InChI=1S/C25H24BrN5O2S/c1-3-31-23(16(2)27-24(33)19-12-6-7-13-20(19)26)29-30-25(31)34-15-22(32)28-21-14-8-10-17-9-4-5-11-18(17)21/h4-14,16H,3,15H2,1-2H3,(H,27,33)(H,28,32)/t16-/m0/s1. The molecular formula is C25H24BrN5O2S. The third-order valence-corrected chi connectivity index (χ3v) is 6.97. The van der Waals surface area contributed by atoms with Crippen molar-refractivity contribution in [1.29, 1.82) is 0 Å². The number of aromatic nitrogens is 3. The van der Waals surface area contributed by atoms with Gasteiger partial charge in [0.2, 0.25) is 5.91 Å². The van der Waals surface area contributed by atoms with Crippen molar-refractivity contribution in [2.24, 2.45) is 0 Å². The van der Waals surface area contributed by atoms with Gasteiger partial charge in [0, 0.05) is 22.1 Å². The van der Waals surface area contributed by atoms with Crippen molar-refractivity contribution in [2.75, 3.05) is 11.1 Å². The van der Waals surface area contributed by atoms with Crippen molar-refractivity contribution in [3.63, 3.8) is 0 Å². The third kappa shape index (κ3) is 5.31. The molecule has 0 aliphatic heterocycles. The first kappa shape index (κ1) is 24.0. The number of amides is 2. The van der Waals surface area contributed by atoms with E-state index >= 15 is 0 Å². The Kier molecular flexibility index (Phi) is 7.64. The van der Waals surface area contributed by atoms with Crippen molar-refractivity contribution in [3.05, 3.63) is 82.6 Å². The van der Waals surface area contributed by atoms with Crippen LogP contribution in [0.1, 0.15) is 36.1 Å². The molecule has 174 valence electrons. The van der Waals surface area contributed by atoms with Gasteiger partial charge in [0.1, 0.15) is 0 Å². The minimum atomic E-state index is -0.356. The van der Waals surface area contributed by atoms with Gasteiger partial charge in [-0.15, -0.1) is 10.2 Å². The lowest BCUT2D eigenvalue weighted by Gasteiger charge is -2.15. The lowest BCUT2D eigenvalue weighted by Crippen LogP contribution is -2.29. The van der Waals surface area contributed by atoms with E-state index in [4.69, 9.17) is 0 Å². The average Bonchev–Trinajstić information content (AvgIpc) is 3.26. The van der Waals surface area contributed by atoms with E-state index in [0.717, 1.165) is 20.9 Å². The maximum Gasteiger partial charge on any atom is 0.253 e. The van der Waals surface area contributed by atoms with E-state index in [2.05, 4.69) is 36.8 Å². The van der Waals surface area contributed by atoms with E-state index in [0.29, 0.717) is 23.1 Å². The van der Waals surface area contributed by atoms with Crippen LogP contribution in [0.3, 0.4) is 0 Å². The second-order valence-electron chi connectivity index (χ2n) is 7.62. The van der Waals surface area contributed by atoms with E-state index in [1.807, 2.05) is 79.1 Å². The van der Waals surface area contributed by atoms with Crippen molar-refractivity contribution < 1.29 is 9.59 Å². The molecular weight excluding hydrogens is 514 g/mol.